The van der Waals surface area contributed by atoms with Crippen LogP contribution in [0.25, 0.3) is 0 Å². The van der Waals surface area contributed by atoms with Crippen molar-refractivity contribution in [3.05, 3.63) is 62.7 Å². The number of carbonyl (C=O) groups excluding carboxylic acids is 3. The third kappa shape index (κ3) is 5.46. The Labute approximate surface area is 332 Å². The van der Waals surface area contributed by atoms with Gasteiger partial charge in [-0.3, -0.25) is 19.8 Å². The van der Waals surface area contributed by atoms with E-state index in [1.165, 1.54) is 39.8 Å². The molecule has 2 saturated heterocycles. The number of fused-ring (bicyclic) bond motifs is 9. The van der Waals surface area contributed by atoms with Crippen LogP contribution >= 0.6 is 11.8 Å². The van der Waals surface area contributed by atoms with Gasteiger partial charge in [0.25, 0.3) is 0 Å². The number of hydrogen-bond acceptors (Lipinski definition) is 16. The van der Waals surface area contributed by atoms with Gasteiger partial charge in [0.15, 0.2) is 40.0 Å². The maximum atomic E-state index is 14.8. The quantitative estimate of drug-likeness (QED) is 0.255. The number of phenols is 1. The van der Waals surface area contributed by atoms with E-state index >= 15 is 0 Å². The van der Waals surface area contributed by atoms with Crippen LogP contribution in [0.15, 0.2) is 18.2 Å². The number of phenolic OH excluding ortho intramolecular Hbond substituents is 1. The summed E-state index contributed by atoms with van der Waals surface area (Å²) in [5.74, 6) is 0.618. The molecule has 0 saturated carbocycles. The summed E-state index contributed by atoms with van der Waals surface area (Å²) in [7, 11) is 2.99. The van der Waals surface area contributed by atoms with Gasteiger partial charge in [-0.05, 0) is 61.1 Å². The van der Waals surface area contributed by atoms with Gasteiger partial charge in [0.05, 0.1) is 37.6 Å². The number of nitrogens with one attached hydrogen (secondary N) is 2. The highest BCUT2D eigenvalue weighted by molar-refractivity contribution is 7.99. The summed E-state index contributed by atoms with van der Waals surface area (Å²) in [6.07, 6.45) is 0.987. The summed E-state index contributed by atoms with van der Waals surface area (Å²) in [6, 6.07) is 5.09. The minimum absolute atomic E-state index is 0.0144. The lowest BCUT2D eigenvalue weighted by atomic mass is 9.72. The number of nitriles is 1. The molecule has 15 nitrogen and oxygen atoms in total. The summed E-state index contributed by atoms with van der Waals surface area (Å²) >= 11 is 1.45. The van der Waals surface area contributed by atoms with E-state index in [1.54, 1.807) is 12.1 Å². The zero-order valence-corrected chi connectivity index (χ0v) is 33.1. The van der Waals surface area contributed by atoms with Crippen molar-refractivity contribution in [2.45, 2.75) is 81.5 Å². The summed E-state index contributed by atoms with van der Waals surface area (Å²) < 4.78 is 41.7. The smallest absolute Gasteiger partial charge is 0.331 e. The molecule has 3 aromatic rings. The number of esters is 3. The standard InChI is InChI=1S/C41H42N4O11S/c1-17-9-22-10-24-25(13-42)45-26-14-52-40(49)41(23-12-27(50-5)28(55-19(3)46)11-21(23)7-8-43-41)15-57-39(33(45)32(44-24)29(22)34(48)35(17)51-6)31-30(26)38-37(53-16-54-38)18(2)36(31)56-20(4)47/h9,11-12,24-26,32-33,39,43-44,48H,7-8,10,14-16H2,1-6H3/t24-,25+,26-,32-,33?,39-,41-/m1/s1. The van der Waals surface area contributed by atoms with Crippen LogP contribution in [0.1, 0.15) is 75.7 Å². The van der Waals surface area contributed by atoms with E-state index in [0.29, 0.717) is 70.2 Å². The van der Waals surface area contributed by atoms with Gasteiger partial charge in [0.1, 0.15) is 18.4 Å². The molecule has 3 N–H and O–H groups in total. The Hall–Kier alpha value is -5.21. The Balaban J connectivity index is 1.30. The summed E-state index contributed by atoms with van der Waals surface area (Å²) in [4.78, 5) is 41.9. The first-order chi connectivity index (χ1) is 27.4. The molecule has 16 heteroatoms. The maximum Gasteiger partial charge on any atom is 0.331 e. The maximum absolute atomic E-state index is 14.8. The van der Waals surface area contributed by atoms with Gasteiger partial charge in [-0.15, -0.1) is 11.8 Å². The average molecular weight is 799 g/mol. The van der Waals surface area contributed by atoms with Gasteiger partial charge in [-0.2, -0.15) is 5.26 Å². The fourth-order valence-corrected chi connectivity index (χ4v) is 11.7. The molecule has 3 aromatic carbocycles. The van der Waals surface area contributed by atoms with Crippen LogP contribution in [-0.2, 0) is 37.5 Å². The normalized spacial score (nSPS) is 27.8. The molecule has 0 radical (unpaired) electrons. The van der Waals surface area contributed by atoms with E-state index in [2.05, 4.69) is 21.6 Å². The number of methoxy groups -OCH3 is 2. The number of benzene rings is 3. The fraction of sp³-hybridized carbons (Fsp3) is 0.463. The summed E-state index contributed by atoms with van der Waals surface area (Å²) in [5.41, 5.74) is 4.20. The minimum Gasteiger partial charge on any atom is -0.504 e. The molecule has 57 heavy (non-hydrogen) atoms. The molecule has 2 fully saturated rings. The number of ether oxygens (including phenoxy) is 7. The van der Waals surface area contributed by atoms with Crippen LogP contribution in [0.4, 0.5) is 0 Å². The molecular formula is C41H42N4O11S. The van der Waals surface area contributed by atoms with E-state index in [4.69, 9.17) is 33.2 Å². The molecule has 0 aliphatic carbocycles. The number of aryl methyl sites for hydroxylation is 1. The monoisotopic (exact) mass is 798 g/mol. The number of hydrogen-bond donors (Lipinski definition) is 3. The SMILES string of the molecule is COc1cc2c(cc1OC(C)=O)CCN[C@]21CS[C@@H]2c3c(OC(C)=O)c(C)c4c(c3[C@@H](COC1=O)N1C2[C@@H]2N[C@H](Cc3cc(C)c(OC)c(O)c32)[C@@H]1C#N)OCO4. The Bertz CT molecular complexity index is 2310. The largest absolute Gasteiger partial charge is 0.504 e. The predicted molar refractivity (Wildman–Crippen MR) is 203 cm³/mol. The van der Waals surface area contributed by atoms with Crippen LogP contribution in [0.2, 0.25) is 0 Å². The van der Waals surface area contributed by atoms with Gasteiger partial charge >= 0.3 is 17.9 Å². The first kappa shape index (κ1) is 37.4. The first-order valence-electron chi connectivity index (χ1n) is 18.8. The van der Waals surface area contributed by atoms with Crippen LogP contribution in [-0.4, -0.2) is 86.0 Å². The molecule has 0 amide bonds. The number of carbonyl (C=O) groups is 3. The van der Waals surface area contributed by atoms with E-state index in [9.17, 15) is 24.8 Å². The van der Waals surface area contributed by atoms with E-state index in [-0.39, 0.29) is 42.4 Å². The van der Waals surface area contributed by atoms with Crippen molar-refractivity contribution >= 4 is 29.7 Å². The van der Waals surface area contributed by atoms with Gasteiger partial charge < -0.3 is 43.6 Å². The lowest BCUT2D eigenvalue weighted by Gasteiger charge is -2.59. The van der Waals surface area contributed by atoms with Crippen LogP contribution < -0.4 is 39.1 Å². The highest BCUT2D eigenvalue weighted by Gasteiger charge is 2.60. The van der Waals surface area contributed by atoms with Gasteiger partial charge in [0.2, 0.25) is 6.79 Å². The first-order valence-corrected chi connectivity index (χ1v) is 19.9. The highest BCUT2D eigenvalue weighted by Crippen LogP contribution is 2.63. The Morgan fingerprint density at radius 1 is 0.982 bits per heavy atom. The van der Waals surface area contributed by atoms with E-state index in [1.807, 2.05) is 19.9 Å². The average Bonchev–Trinajstić information content (AvgIpc) is 3.67. The van der Waals surface area contributed by atoms with Crippen LogP contribution in [0.5, 0.6) is 40.2 Å². The molecule has 4 bridgehead atoms. The molecule has 10 rings (SSSR count). The third-order valence-electron chi connectivity index (χ3n) is 12.2. The fourth-order valence-electron chi connectivity index (χ4n) is 10.0. The van der Waals surface area contributed by atoms with Gasteiger partial charge in [0, 0.05) is 60.5 Å². The van der Waals surface area contributed by atoms with E-state index < -0.39 is 52.9 Å². The van der Waals surface area contributed by atoms with Crippen molar-refractivity contribution in [3.63, 3.8) is 0 Å². The second kappa shape index (κ2) is 13.7. The van der Waals surface area contributed by atoms with Crippen molar-refractivity contribution in [2.24, 2.45) is 0 Å². The molecule has 7 aliphatic rings. The second-order valence-electron chi connectivity index (χ2n) is 15.2. The molecule has 7 heterocycles. The number of nitrogens with zero attached hydrogens (tertiary/aromatic N) is 2. The van der Waals surface area contributed by atoms with Gasteiger partial charge in [-0.25, -0.2) is 4.79 Å². The summed E-state index contributed by atoms with van der Waals surface area (Å²) in [6.45, 7) is 6.49. The predicted octanol–water partition coefficient (Wildman–Crippen LogP) is 3.86. The van der Waals surface area contributed by atoms with Crippen LogP contribution in [0.3, 0.4) is 0 Å². The molecule has 1 spiro atoms. The Morgan fingerprint density at radius 3 is 2.47 bits per heavy atom. The van der Waals surface area contributed by atoms with Crippen LogP contribution in [0, 0.1) is 25.2 Å². The second-order valence-corrected chi connectivity index (χ2v) is 16.4. The topological polar surface area (TPSA) is 187 Å². The lowest BCUT2D eigenvalue weighted by molar-refractivity contribution is -0.155. The number of piperazine rings is 1. The molecular weight excluding hydrogens is 757 g/mol. The number of thioether (sulfide) groups is 1. The van der Waals surface area contributed by atoms with Crippen molar-refractivity contribution in [3.8, 4) is 46.3 Å². The summed E-state index contributed by atoms with van der Waals surface area (Å²) in [5, 5.41) is 29.7. The van der Waals surface area contributed by atoms with Crippen molar-refractivity contribution < 1.29 is 52.6 Å². The lowest BCUT2D eigenvalue weighted by Crippen LogP contribution is -2.69. The molecule has 1 unspecified atom stereocenters. The van der Waals surface area contributed by atoms with Gasteiger partial charge in [-0.1, -0.05) is 6.07 Å². The Kier molecular flexibility index (Phi) is 9.00. The molecule has 298 valence electrons. The third-order valence-corrected chi connectivity index (χ3v) is 13.6. The number of aromatic hydroxyl groups is 1. The molecule has 7 aliphatic heterocycles. The van der Waals surface area contributed by atoms with E-state index in [0.717, 1.165) is 16.7 Å². The zero-order chi connectivity index (χ0) is 40.1. The highest BCUT2D eigenvalue weighted by atomic mass is 32.2. The molecule has 0 aromatic heterocycles. The Morgan fingerprint density at radius 2 is 1.75 bits per heavy atom. The van der Waals surface area contributed by atoms with Crippen molar-refractivity contribution in [1.29, 1.82) is 5.26 Å². The minimum atomic E-state index is -1.40. The van der Waals surface area contributed by atoms with Crippen molar-refractivity contribution in [1.82, 2.24) is 15.5 Å². The molecule has 7 atom stereocenters. The zero-order valence-electron chi connectivity index (χ0n) is 32.3. The number of rotatable bonds is 4. The van der Waals surface area contributed by atoms with Crippen molar-refractivity contribution in [2.75, 3.05) is 39.9 Å².